The Morgan fingerprint density at radius 3 is 2.79 bits per heavy atom. The van der Waals surface area contributed by atoms with Crippen molar-refractivity contribution in [3.8, 4) is 11.5 Å². The van der Waals surface area contributed by atoms with E-state index < -0.39 is 0 Å². The summed E-state index contributed by atoms with van der Waals surface area (Å²) in [5.41, 5.74) is 1.72. The number of halogens is 1. The summed E-state index contributed by atoms with van der Waals surface area (Å²) in [6.45, 7) is 0. The average Bonchev–Trinajstić information content (AvgIpc) is 2.46. The fourth-order valence-electron chi connectivity index (χ4n) is 1.84. The van der Waals surface area contributed by atoms with Crippen LogP contribution in [-0.4, -0.2) is 15.0 Å². The first-order chi connectivity index (χ1) is 9.28. The zero-order valence-corrected chi connectivity index (χ0v) is 10.7. The van der Waals surface area contributed by atoms with Crippen molar-refractivity contribution in [3.63, 3.8) is 0 Å². The average molecular weight is 272 g/mol. The fraction of sp³-hybridized carbons (Fsp3) is 0.0714. The molecule has 2 heterocycles. The van der Waals surface area contributed by atoms with Gasteiger partial charge in [-0.15, -0.1) is 11.6 Å². The summed E-state index contributed by atoms with van der Waals surface area (Å²) in [5.74, 6) is 0.595. The molecule has 94 valence electrons. The second-order valence-corrected chi connectivity index (χ2v) is 4.38. The summed E-state index contributed by atoms with van der Waals surface area (Å²) in [6.07, 6.45) is 1.48. The molecule has 3 rings (SSSR count). The van der Waals surface area contributed by atoms with E-state index in [9.17, 15) is 4.79 Å². The van der Waals surface area contributed by atoms with Crippen LogP contribution in [-0.2, 0) is 5.88 Å². The minimum absolute atomic E-state index is 0.147. The van der Waals surface area contributed by atoms with Gasteiger partial charge in [-0.3, -0.25) is 4.79 Å². The summed E-state index contributed by atoms with van der Waals surface area (Å²) < 4.78 is 0. The molecule has 0 aliphatic rings. The van der Waals surface area contributed by atoms with Crippen molar-refractivity contribution in [2.24, 2.45) is 0 Å². The van der Waals surface area contributed by atoms with E-state index >= 15 is 0 Å². The monoisotopic (exact) mass is 271 g/mol. The van der Waals surface area contributed by atoms with Gasteiger partial charge in [0.05, 0.1) is 17.0 Å². The summed E-state index contributed by atoms with van der Waals surface area (Å²) >= 11 is 5.63. The summed E-state index contributed by atoms with van der Waals surface area (Å²) in [4.78, 5) is 23.1. The van der Waals surface area contributed by atoms with Crippen LogP contribution >= 0.6 is 11.6 Å². The Morgan fingerprint density at radius 2 is 2.00 bits per heavy atom. The molecule has 19 heavy (non-hydrogen) atoms. The number of para-hydroxylation sites is 1. The van der Waals surface area contributed by atoms with Crippen LogP contribution in [0.15, 0.2) is 47.4 Å². The molecular formula is C14H10ClN3O. The van der Waals surface area contributed by atoms with Gasteiger partial charge in [-0.1, -0.05) is 24.3 Å². The molecule has 0 aliphatic carbocycles. The number of hydrogen-bond acceptors (Lipinski definition) is 3. The Balaban J connectivity index is 2.13. The number of aromatic amines is 1. The van der Waals surface area contributed by atoms with Crippen molar-refractivity contribution >= 4 is 22.5 Å². The van der Waals surface area contributed by atoms with E-state index in [2.05, 4.69) is 15.0 Å². The standard InChI is InChI=1S/C14H10ClN3O/c15-7-10-8-16-13(18-14(10)19)12-6-5-9-3-1-2-4-11(9)17-12/h1-6,8H,7H2,(H,16,18,19). The van der Waals surface area contributed by atoms with Crippen molar-refractivity contribution in [2.75, 3.05) is 0 Å². The number of hydrogen-bond donors (Lipinski definition) is 1. The third-order valence-corrected chi connectivity index (χ3v) is 3.15. The van der Waals surface area contributed by atoms with Crippen molar-refractivity contribution in [2.45, 2.75) is 5.88 Å². The maximum Gasteiger partial charge on any atom is 0.255 e. The van der Waals surface area contributed by atoms with E-state index in [4.69, 9.17) is 11.6 Å². The molecule has 5 heteroatoms. The van der Waals surface area contributed by atoms with E-state index in [0.717, 1.165) is 10.9 Å². The molecule has 0 saturated carbocycles. The number of aromatic nitrogens is 3. The molecule has 3 aromatic rings. The molecule has 0 atom stereocenters. The van der Waals surface area contributed by atoms with Crippen molar-refractivity contribution in [1.82, 2.24) is 15.0 Å². The molecule has 0 aliphatic heterocycles. The number of rotatable bonds is 2. The van der Waals surface area contributed by atoms with Crippen LogP contribution in [0.2, 0.25) is 0 Å². The van der Waals surface area contributed by atoms with Crippen molar-refractivity contribution in [1.29, 1.82) is 0 Å². The molecule has 0 radical (unpaired) electrons. The second-order valence-electron chi connectivity index (χ2n) is 4.11. The lowest BCUT2D eigenvalue weighted by molar-refractivity contribution is 1.06. The molecule has 2 aromatic heterocycles. The van der Waals surface area contributed by atoms with E-state index in [1.807, 2.05) is 36.4 Å². The number of H-pyrrole nitrogens is 1. The maximum absolute atomic E-state index is 11.7. The highest BCUT2D eigenvalue weighted by atomic mass is 35.5. The molecule has 0 fully saturated rings. The minimum atomic E-state index is -0.227. The van der Waals surface area contributed by atoms with E-state index in [0.29, 0.717) is 17.1 Å². The number of pyridine rings is 1. The fourth-order valence-corrected chi connectivity index (χ4v) is 2.03. The van der Waals surface area contributed by atoms with Crippen LogP contribution in [0.3, 0.4) is 0 Å². The highest BCUT2D eigenvalue weighted by molar-refractivity contribution is 6.17. The second kappa shape index (κ2) is 4.82. The van der Waals surface area contributed by atoms with Crippen LogP contribution in [0, 0.1) is 0 Å². The first-order valence-corrected chi connectivity index (χ1v) is 6.32. The molecule has 0 amide bonds. The topological polar surface area (TPSA) is 58.6 Å². The van der Waals surface area contributed by atoms with E-state index in [1.54, 1.807) is 0 Å². The van der Waals surface area contributed by atoms with E-state index in [1.165, 1.54) is 6.20 Å². The first kappa shape index (κ1) is 11.9. The zero-order chi connectivity index (χ0) is 13.2. The Morgan fingerprint density at radius 1 is 1.16 bits per heavy atom. The molecule has 1 N–H and O–H groups in total. The molecule has 0 saturated heterocycles. The summed E-state index contributed by atoms with van der Waals surface area (Å²) in [7, 11) is 0. The van der Waals surface area contributed by atoms with Gasteiger partial charge in [0, 0.05) is 11.6 Å². The van der Waals surface area contributed by atoms with Crippen LogP contribution in [0.4, 0.5) is 0 Å². The number of benzene rings is 1. The quantitative estimate of drug-likeness (QED) is 0.729. The molecule has 0 spiro atoms. The predicted octanol–water partition coefficient (Wildman–Crippen LogP) is 2.72. The predicted molar refractivity (Wildman–Crippen MR) is 75.2 cm³/mol. The van der Waals surface area contributed by atoms with Crippen LogP contribution in [0.25, 0.3) is 22.4 Å². The Kier molecular flexibility index (Phi) is 3.01. The van der Waals surface area contributed by atoms with Gasteiger partial charge in [0.2, 0.25) is 0 Å². The highest BCUT2D eigenvalue weighted by Gasteiger charge is 2.06. The van der Waals surface area contributed by atoms with Crippen LogP contribution in [0.1, 0.15) is 5.56 Å². The van der Waals surface area contributed by atoms with Gasteiger partial charge in [-0.05, 0) is 12.1 Å². The number of nitrogens with one attached hydrogen (secondary N) is 1. The van der Waals surface area contributed by atoms with Gasteiger partial charge < -0.3 is 4.98 Å². The van der Waals surface area contributed by atoms with Crippen LogP contribution in [0.5, 0.6) is 0 Å². The third-order valence-electron chi connectivity index (χ3n) is 2.86. The minimum Gasteiger partial charge on any atom is -0.305 e. The molecule has 4 nitrogen and oxygen atoms in total. The smallest absolute Gasteiger partial charge is 0.255 e. The number of alkyl halides is 1. The zero-order valence-electron chi connectivity index (χ0n) is 9.93. The van der Waals surface area contributed by atoms with Crippen LogP contribution < -0.4 is 5.56 Å². The first-order valence-electron chi connectivity index (χ1n) is 5.78. The maximum atomic E-state index is 11.7. The molecule has 0 bridgehead atoms. The van der Waals surface area contributed by atoms with Crippen molar-refractivity contribution < 1.29 is 0 Å². The molecular weight excluding hydrogens is 262 g/mol. The van der Waals surface area contributed by atoms with Gasteiger partial charge in [-0.25, -0.2) is 9.97 Å². The van der Waals surface area contributed by atoms with E-state index in [-0.39, 0.29) is 11.4 Å². The summed E-state index contributed by atoms with van der Waals surface area (Å²) in [6, 6.07) is 11.6. The van der Waals surface area contributed by atoms with Gasteiger partial charge in [-0.2, -0.15) is 0 Å². The largest absolute Gasteiger partial charge is 0.305 e. The highest BCUT2D eigenvalue weighted by Crippen LogP contribution is 2.17. The molecule has 0 unspecified atom stereocenters. The third kappa shape index (κ3) is 2.22. The lowest BCUT2D eigenvalue weighted by Crippen LogP contribution is -2.13. The normalized spacial score (nSPS) is 10.8. The lowest BCUT2D eigenvalue weighted by atomic mass is 10.2. The Hall–Kier alpha value is -2.20. The lowest BCUT2D eigenvalue weighted by Gasteiger charge is -2.03. The SMILES string of the molecule is O=c1[nH]c(-c2ccc3ccccc3n2)ncc1CCl. The number of nitrogens with zero attached hydrogens (tertiary/aromatic N) is 2. The van der Waals surface area contributed by atoms with Gasteiger partial charge >= 0.3 is 0 Å². The van der Waals surface area contributed by atoms with Gasteiger partial charge in [0.1, 0.15) is 5.69 Å². The summed E-state index contributed by atoms with van der Waals surface area (Å²) in [5, 5.41) is 1.05. The Bertz CT molecular complexity index is 798. The number of fused-ring (bicyclic) bond motifs is 1. The van der Waals surface area contributed by atoms with Crippen molar-refractivity contribution in [3.05, 3.63) is 58.5 Å². The van der Waals surface area contributed by atoms with Gasteiger partial charge in [0.25, 0.3) is 5.56 Å². The molecule has 1 aromatic carbocycles. The van der Waals surface area contributed by atoms with Gasteiger partial charge in [0.15, 0.2) is 5.82 Å². The Labute approximate surface area is 114 Å².